The fraction of sp³-hybridized carbons (Fsp3) is 0.588. The second-order valence-electron chi connectivity index (χ2n) is 6.02. The molecule has 4 nitrogen and oxygen atoms in total. The smallest absolute Gasteiger partial charge is 0.107 e. The summed E-state index contributed by atoms with van der Waals surface area (Å²) >= 11 is 0. The highest BCUT2D eigenvalue weighted by atomic mass is 16.5. The van der Waals surface area contributed by atoms with Gasteiger partial charge < -0.3 is 14.5 Å². The molecule has 0 N–H and O–H groups in total. The van der Waals surface area contributed by atoms with Crippen molar-refractivity contribution in [2.24, 2.45) is 10.9 Å². The minimum absolute atomic E-state index is 0.543. The number of anilines is 1. The van der Waals surface area contributed by atoms with Crippen LogP contribution in [-0.2, 0) is 4.74 Å². The average molecular weight is 287 g/mol. The number of nitrogens with zero attached hydrogens (tertiary/aromatic N) is 3. The summed E-state index contributed by atoms with van der Waals surface area (Å²) in [5, 5.41) is 0. The molecule has 2 saturated heterocycles. The summed E-state index contributed by atoms with van der Waals surface area (Å²) in [7, 11) is 2.16. The fourth-order valence-corrected chi connectivity index (χ4v) is 3.20. The van der Waals surface area contributed by atoms with Crippen molar-refractivity contribution in [2.45, 2.75) is 19.8 Å². The van der Waals surface area contributed by atoms with E-state index in [1.165, 1.54) is 24.4 Å². The molecule has 0 radical (unpaired) electrons. The van der Waals surface area contributed by atoms with Gasteiger partial charge in [0.05, 0.1) is 24.6 Å². The van der Waals surface area contributed by atoms with Crippen LogP contribution in [0.2, 0.25) is 0 Å². The molecule has 0 saturated carbocycles. The van der Waals surface area contributed by atoms with Crippen molar-refractivity contribution in [1.82, 2.24) is 4.90 Å². The number of benzene rings is 1. The lowest BCUT2D eigenvalue weighted by molar-refractivity contribution is 0.123. The lowest BCUT2D eigenvalue weighted by Crippen LogP contribution is -2.38. The summed E-state index contributed by atoms with van der Waals surface area (Å²) in [6.45, 7) is 6.91. The summed E-state index contributed by atoms with van der Waals surface area (Å²) < 4.78 is 5.46. The van der Waals surface area contributed by atoms with Crippen molar-refractivity contribution in [3.8, 4) is 0 Å². The monoisotopic (exact) mass is 287 g/mol. The van der Waals surface area contributed by atoms with E-state index in [0.29, 0.717) is 5.92 Å². The third-order valence-electron chi connectivity index (χ3n) is 4.43. The number of likely N-dealkylation sites (tertiary alicyclic amines) is 1. The quantitative estimate of drug-likeness (QED) is 0.837. The van der Waals surface area contributed by atoms with E-state index >= 15 is 0 Å². The second-order valence-corrected chi connectivity index (χ2v) is 6.02. The van der Waals surface area contributed by atoms with Crippen LogP contribution in [0.5, 0.6) is 0 Å². The average Bonchev–Trinajstić information content (AvgIpc) is 2.52. The summed E-state index contributed by atoms with van der Waals surface area (Å²) in [5.74, 6) is 1.77. The van der Waals surface area contributed by atoms with Crippen LogP contribution < -0.4 is 4.90 Å². The Morgan fingerprint density at radius 3 is 2.67 bits per heavy atom. The van der Waals surface area contributed by atoms with Gasteiger partial charge in [0.1, 0.15) is 5.84 Å². The van der Waals surface area contributed by atoms with Gasteiger partial charge in [-0.1, -0.05) is 19.1 Å². The minimum atomic E-state index is 0.543. The van der Waals surface area contributed by atoms with Crippen LogP contribution in [0.1, 0.15) is 19.8 Å². The van der Waals surface area contributed by atoms with Crippen molar-refractivity contribution >= 4 is 17.2 Å². The van der Waals surface area contributed by atoms with Gasteiger partial charge in [0.25, 0.3) is 0 Å². The summed E-state index contributed by atoms with van der Waals surface area (Å²) in [6.07, 6.45) is 2.50. The number of hydrogen-bond acceptors (Lipinski definition) is 3. The molecule has 114 valence electrons. The third kappa shape index (κ3) is 3.21. The number of piperidine rings is 1. The SMILES string of the molecule is CC1CCCN(C)C1=Nc1ccccc1N1CCOCC1. The number of morpholine rings is 1. The lowest BCUT2D eigenvalue weighted by atomic mass is 9.99. The lowest BCUT2D eigenvalue weighted by Gasteiger charge is -2.33. The fourth-order valence-electron chi connectivity index (χ4n) is 3.20. The maximum absolute atomic E-state index is 5.46. The second kappa shape index (κ2) is 6.48. The molecule has 2 fully saturated rings. The third-order valence-corrected chi connectivity index (χ3v) is 4.43. The zero-order chi connectivity index (χ0) is 14.7. The molecule has 0 aromatic heterocycles. The molecule has 4 heteroatoms. The Bertz CT molecular complexity index is 497. The van der Waals surface area contributed by atoms with E-state index in [2.05, 4.69) is 48.0 Å². The predicted molar refractivity (Wildman–Crippen MR) is 87.6 cm³/mol. The Morgan fingerprint density at radius 2 is 1.90 bits per heavy atom. The van der Waals surface area contributed by atoms with Crippen LogP contribution in [0, 0.1) is 5.92 Å². The zero-order valence-electron chi connectivity index (χ0n) is 13.1. The highest BCUT2D eigenvalue weighted by Crippen LogP contribution is 2.31. The van der Waals surface area contributed by atoms with E-state index in [1.807, 2.05) is 0 Å². The van der Waals surface area contributed by atoms with Crippen LogP contribution in [-0.4, -0.2) is 50.6 Å². The first-order valence-electron chi connectivity index (χ1n) is 7.97. The van der Waals surface area contributed by atoms with Crippen molar-refractivity contribution in [1.29, 1.82) is 0 Å². The molecule has 1 aromatic carbocycles. The number of para-hydroxylation sites is 2. The molecule has 2 heterocycles. The van der Waals surface area contributed by atoms with Crippen LogP contribution in [0.3, 0.4) is 0 Å². The van der Waals surface area contributed by atoms with Gasteiger partial charge in [-0.05, 0) is 25.0 Å². The minimum Gasteiger partial charge on any atom is -0.378 e. The van der Waals surface area contributed by atoms with Gasteiger partial charge in [-0.15, -0.1) is 0 Å². The van der Waals surface area contributed by atoms with Gasteiger partial charge in [0, 0.05) is 32.6 Å². The number of rotatable bonds is 2. The van der Waals surface area contributed by atoms with Crippen molar-refractivity contribution < 1.29 is 4.74 Å². The predicted octanol–water partition coefficient (Wildman–Crippen LogP) is 2.91. The molecule has 0 amide bonds. The highest BCUT2D eigenvalue weighted by Gasteiger charge is 2.21. The van der Waals surface area contributed by atoms with Crippen molar-refractivity contribution in [3.05, 3.63) is 24.3 Å². The van der Waals surface area contributed by atoms with Gasteiger partial charge >= 0.3 is 0 Å². The first kappa shape index (κ1) is 14.4. The maximum Gasteiger partial charge on any atom is 0.107 e. The van der Waals surface area contributed by atoms with E-state index < -0.39 is 0 Å². The Kier molecular flexibility index (Phi) is 4.44. The first-order valence-corrected chi connectivity index (χ1v) is 7.97. The largest absolute Gasteiger partial charge is 0.378 e. The number of amidine groups is 1. The normalized spacial score (nSPS) is 25.4. The van der Waals surface area contributed by atoms with E-state index in [4.69, 9.17) is 9.73 Å². The van der Waals surface area contributed by atoms with Gasteiger partial charge in [0.2, 0.25) is 0 Å². The van der Waals surface area contributed by atoms with E-state index in [1.54, 1.807) is 0 Å². The molecular weight excluding hydrogens is 262 g/mol. The topological polar surface area (TPSA) is 28.1 Å². The van der Waals surface area contributed by atoms with Crippen LogP contribution in [0.25, 0.3) is 0 Å². The molecule has 21 heavy (non-hydrogen) atoms. The molecule has 1 atom stereocenters. The van der Waals surface area contributed by atoms with Gasteiger partial charge in [-0.3, -0.25) is 0 Å². The maximum atomic E-state index is 5.46. The summed E-state index contributed by atoms with van der Waals surface area (Å²) in [5.41, 5.74) is 2.33. The molecule has 2 aliphatic heterocycles. The first-order chi connectivity index (χ1) is 10.3. The van der Waals surface area contributed by atoms with E-state index in [-0.39, 0.29) is 0 Å². The molecule has 2 aliphatic rings. The van der Waals surface area contributed by atoms with Crippen molar-refractivity contribution in [2.75, 3.05) is 44.8 Å². The number of ether oxygens (including phenoxy) is 1. The van der Waals surface area contributed by atoms with E-state index in [9.17, 15) is 0 Å². The summed E-state index contributed by atoms with van der Waals surface area (Å²) in [4.78, 5) is 9.71. The zero-order valence-corrected chi connectivity index (χ0v) is 13.1. The van der Waals surface area contributed by atoms with E-state index in [0.717, 1.165) is 38.5 Å². The Hall–Kier alpha value is -1.55. The van der Waals surface area contributed by atoms with Crippen LogP contribution >= 0.6 is 0 Å². The molecule has 1 aromatic rings. The molecule has 0 spiro atoms. The standard InChI is InChI=1S/C17H25N3O/c1-14-6-5-9-19(2)17(14)18-15-7-3-4-8-16(15)20-10-12-21-13-11-20/h3-4,7-8,14H,5-6,9-13H2,1-2H3. The summed E-state index contributed by atoms with van der Waals surface area (Å²) in [6, 6.07) is 8.49. The van der Waals surface area contributed by atoms with Gasteiger partial charge in [-0.25, -0.2) is 4.99 Å². The molecule has 0 aliphatic carbocycles. The Labute approximate surface area is 127 Å². The Morgan fingerprint density at radius 1 is 1.14 bits per heavy atom. The van der Waals surface area contributed by atoms with Gasteiger partial charge in [-0.2, -0.15) is 0 Å². The van der Waals surface area contributed by atoms with Crippen molar-refractivity contribution in [3.63, 3.8) is 0 Å². The molecule has 3 rings (SSSR count). The highest BCUT2D eigenvalue weighted by molar-refractivity contribution is 5.89. The Balaban J connectivity index is 1.91. The molecular formula is C17H25N3O. The van der Waals surface area contributed by atoms with Crippen LogP contribution in [0.4, 0.5) is 11.4 Å². The van der Waals surface area contributed by atoms with Gasteiger partial charge in [0.15, 0.2) is 0 Å². The van der Waals surface area contributed by atoms with Crippen LogP contribution in [0.15, 0.2) is 29.3 Å². The number of hydrogen-bond donors (Lipinski definition) is 0. The number of aliphatic imine (C=N–C) groups is 1. The molecule has 0 bridgehead atoms. The molecule has 1 unspecified atom stereocenters.